The minimum absolute atomic E-state index is 0.0860. The predicted octanol–water partition coefficient (Wildman–Crippen LogP) is 2.38. The number of hydrogen-bond acceptors (Lipinski definition) is 4. The van der Waals surface area contributed by atoms with Crippen LogP contribution in [-0.4, -0.2) is 23.8 Å². The number of hydrogen-bond donors (Lipinski definition) is 0. The van der Waals surface area contributed by atoms with Gasteiger partial charge < -0.3 is 4.74 Å². The van der Waals surface area contributed by atoms with Crippen LogP contribution >= 0.6 is 0 Å². The fourth-order valence-electron chi connectivity index (χ4n) is 1.61. The first-order chi connectivity index (χ1) is 8.60. The van der Waals surface area contributed by atoms with Gasteiger partial charge in [0, 0.05) is 0 Å². The minimum atomic E-state index is -0.854. The van der Waals surface area contributed by atoms with Gasteiger partial charge in [0.25, 0.3) is 0 Å². The number of rotatable bonds is 6. The molecule has 0 radical (unpaired) electrons. The number of Topliss-reactive ketones (excluding diaryl/α,β-unsaturated/α-hetero) is 1. The number of aromatic nitrogens is 1. The molecule has 0 aromatic carbocycles. The number of halogens is 1. The van der Waals surface area contributed by atoms with Crippen LogP contribution in [0.4, 0.5) is 4.39 Å². The summed E-state index contributed by atoms with van der Waals surface area (Å²) in [5.74, 6) is -2.36. The van der Waals surface area contributed by atoms with Gasteiger partial charge in [-0.15, -0.1) is 0 Å². The van der Waals surface area contributed by atoms with E-state index in [0.717, 1.165) is 25.1 Å². The molecule has 0 aliphatic rings. The topological polar surface area (TPSA) is 56.3 Å². The molecule has 5 heteroatoms. The van der Waals surface area contributed by atoms with Crippen LogP contribution in [0.5, 0.6) is 0 Å². The second-order valence-corrected chi connectivity index (χ2v) is 3.94. The second kappa shape index (κ2) is 6.83. The molecule has 1 atom stereocenters. The molecule has 0 amide bonds. The summed E-state index contributed by atoms with van der Waals surface area (Å²) in [6, 6.07) is 2.42. The van der Waals surface area contributed by atoms with Crippen molar-refractivity contribution < 1.29 is 18.7 Å². The Kier molecular flexibility index (Phi) is 5.42. The normalized spacial score (nSPS) is 11.9. The van der Waals surface area contributed by atoms with Crippen LogP contribution in [0.25, 0.3) is 0 Å². The number of carbonyl (C=O) groups excluding carboxylic acids is 2. The molecule has 1 rings (SSSR count). The Labute approximate surface area is 105 Å². The van der Waals surface area contributed by atoms with Gasteiger partial charge in [-0.3, -0.25) is 14.6 Å². The first kappa shape index (κ1) is 14.3. The van der Waals surface area contributed by atoms with Gasteiger partial charge >= 0.3 is 5.97 Å². The van der Waals surface area contributed by atoms with Crippen LogP contribution in [0.3, 0.4) is 0 Å². The molecule has 0 spiro atoms. The van der Waals surface area contributed by atoms with Crippen molar-refractivity contribution in [2.45, 2.75) is 26.2 Å². The van der Waals surface area contributed by atoms with Crippen LogP contribution < -0.4 is 0 Å². The highest BCUT2D eigenvalue weighted by atomic mass is 19.1. The quantitative estimate of drug-likeness (QED) is 0.443. The fraction of sp³-hybridized carbons (Fsp3) is 0.462. The Morgan fingerprint density at radius 2 is 2.17 bits per heavy atom. The molecular formula is C13H16FNO3. The Hall–Kier alpha value is -1.78. The van der Waals surface area contributed by atoms with Crippen LogP contribution in [0.2, 0.25) is 0 Å². The summed E-state index contributed by atoms with van der Waals surface area (Å²) < 4.78 is 17.3. The number of ketones is 1. The van der Waals surface area contributed by atoms with Gasteiger partial charge in [0.2, 0.25) is 0 Å². The summed E-state index contributed by atoms with van der Waals surface area (Å²) in [7, 11) is 1.24. The van der Waals surface area contributed by atoms with Crippen LogP contribution in [-0.2, 0) is 9.53 Å². The fourth-order valence-corrected chi connectivity index (χ4v) is 1.61. The molecule has 1 aromatic heterocycles. The largest absolute Gasteiger partial charge is 0.468 e. The lowest BCUT2D eigenvalue weighted by Crippen LogP contribution is -2.26. The number of ether oxygens (including phenoxy) is 1. The molecule has 4 nitrogen and oxygen atoms in total. The zero-order valence-electron chi connectivity index (χ0n) is 10.5. The van der Waals surface area contributed by atoms with Crippen LogP contribution in [0.15, 0.2) is 18.3 Å². The molecule has 0 aliphatic carbocycles. The van der Waals surface area contributed by atoms with Gasteiger partial charge in [-0.25, -0.2) is 4.39 Å². The number of esters is 1. The lowest BCUT2D eigenvalue weighted by Gasteiger charge is -2.12. The van der Waals surface area contributed by atoms with Crippen molar-refractivity contribution in [3.63, 3.8) is 0 Å². The van der Waals surface area contributed by atoms with E-state index in [1.54, 1.807) is 0 Å². The molecule has 0 saturated carbocycles. The van der Waals surface area contributed by atoms with Crippen molar-refractivity contribution in [1.82, 2.24) is 4.98 Å². The Balaban J connectivity index is 2.87. The maximum Gasteiger partial charge on any atom is 0.316 e. The van der Waals surface area contributed by atoms with Crippen molar-refractivity contribution in [3.8, 4) is 0 Å². The van der Waals surface area contributed by atoms with Crippen molar-refractivity contribution in [2.75, 3.05) is 7.11 Å². The van der Waals surface area contributed by atoms with Gasteiger partial charge in [0.05, 0.1) is 13.3 Å². The van der Waals surface area contributed by atoms with E-state index < -0.39 is 23.5 Å². The van der Waals surface area contributed by atoms with E-state index in [-0.39, 0.29) is 5.69 Å². The molecular weight excluding hydrogens is 237 g/mol. The van der Waals surface area contributed by atoms with Gasteiger partial charge in [-0.1, -0.05) is 19.8 Å². The second-order valence-electron chi connectivity index (χ2n) is 3.94. The first-order valence-electron chi connectivity index (χ1n) is 5.83. The number of carbonyl (C=O) groups is 2. The van der Waals surface area contributed by atoms with E-state index in [4.69, 9.17) is 0 Å². The van der Waals surface area contributed by atoms with Gasteiger partial charge in [-0.2, -0.15) is 0 Å². The maximum atomic E-state index is 12.7. The molecule has 0 fully saturated rings. The van der Waals surface area contributed by atoms with Gasteiger partial charge in [0.15, 0.2) is 5.78 Å². The molecule has 1 aromatic rings. The highest BCUT2D eigenvalue weighted by molar-refractivity contribution is 6.07. The molecule has 1 heterocycles. The molecule has 98 valence electrons. The lowest BCUT2D eigenvalue weighted by molar-refractivity contribution is -0.143. The molecule has 0 aliphatic heterocycles. The molecule has 0 bridgehead atoms. The molecule has 18 heavy (non-hydrogen) atoms. The van der Waals surface area contributed by atoms with Crippen LogP contribution in [0.1, 0.15) is 36.7 Å². The van der Waals surface area contributed by atoms with E-state index >= 15 is 0 Å². The monoisotopic (exact) mass is 253 g/mol. The molecule has 0 N–H and O–H groups in total. The third-order valence-corrected chi connectivity index (χ3v) is 2.63. The average molecular weight is 253 g/mol. The zero-order valence-corrected chi connectivity index (χ0v) is 10.5. The Bertz CT molecular complexity index is 417. The highest BCUT2D eigenvalue weighted by Crippen LogP contribution is 2.16. The summed E-state index contributed by atoms with van der Waals surface area (Å²) in [6.07, 6.45) is 2.99. The summed E-state index contributed by atoms with van der Waals surface area (Å²) in [5.41, 5.74) is 0.0860. The van der Waals surface area contributed by atoms with E-state index in [2.05, 4.69) is 9.72 Å². The standard InChI is InChI=1S/C13H16FNO3/c1-3-4-5-10(13(17)18-2)12(16)11-7-6-9(14)8-15-11/h6-8,10H,3-5H2,1-2H3. The molecule has 0 saturated heterocycles. The highest BCUT2D eigenvalue weighted by Gasteiger charge is 2.28. The predicted molar refractivity (Wildman–Crippen MR) is 63.6 cm³/mol. The third kappa shape index (κ3) is 3.61. The third-order valence-electron chi connectivity index (χ3n) is 2.63. The van der Waals surface area contributed by atoms with E-state index in [0.29, 0.717) is 6.42 Å². The summed E-state index contributed by atoms with van der Waals surface area (Å²) in [4.78, 5) is 27.3. The van der Waals surface area contributed by atoms with Gasteiger partial charge in [-0.05, 0) is 18.6 Å². The summed E-state index contributed by atoms with van der Waals surface area (Å²) >= 11 is 0. The number of methoxy groups -OCH3 is 1. The minimum Gasteiger partial charge on any atom is -0.468 e. The van der Waals surface area contributed by atoms with Crippen molar-refractivity contribution >= 4 is 11.8 Å². The summed E-state index contributed by atoms with van der Waals surface area (Å²) in [5, 5.41) is 0. The van der Waals surface area contributed by atoms with Crippen LogP contribution in [0, 0.1) is 11.7 Å². The Morgan fingerprint density at radius 3 is 2.67 bits per heavy atom. The summed E-state index contributed by atoms with van der Waals surface area (Å²) in [6.45, 7) is 1.97. The van der Waals surface area contributed by atoms with E-state index in [1.165, 1.54) is 13.2 Å². The number of nitrogens with zero attached hydrogens (tertiary/aromatic N) is 1. The Morgan fingerprint density at radius 1 is 1.44 bits per heavy atom. The van der Waals surface area contributed by atoms with Crippen molar-refractivity contribution in [2.24, 2.45) is 5.92 Å². The molecule has 1 unspecified atom stereocenters. The maximum absolute atomic E-state index is 12.7. The average Bonchev–Trinajstić information content (AvgIpc) is 2.39. The number of pyridine rings is 1. The first-order valence-corrected chi connectivity index (χ1v) is 5.83. The lowest BCUT2D eigenvalue weighted by atomic mass is 9.95. The number of unbranched alkanes of at least 4 members (excludes halogenated alkanes) is 1. The van der Waals surface area contributed by atoms with Crippen molar-refractivity contribution in [1.29, 1.82) is 0 Å². The van der Waals surface area contributed by atoms with Crippen molar-refractivity contribution in [3.05, 3.63) is 29.8 Å². The zero-order chi connectivity index (χ0) is 13.5. The van der Waals surface area contributed by atoms with E-state index in [9.17, 15) is 14.0 Å². The smallest absolute Gasteiger partial charge is 0.316 e. The SMILES string of the molecule is CCCCC(C(=O)OC)C(=O)c1ccc(F)cn1. The van der Waals surface area contributed by atoms with Gasteiger partial charge in [0.1, 0.15) is 17.4 Å². The van der Waals surface area contributed by atoms with E-state index in [1.807, 2.05) is 6.92 Å².